The van der Waals surface area contributed by atoms with Crippen LogP contribution in [0.5, 0.6) is 0 Å². The van der Waals surface area contributed by atoms with E-state index in [0.29, 0.717) is 33.6 Å². The Balaban J connectivity index is 0.00000387. The number of hydrogen-bond donors (Lipinski definition) is 3. The van der Waals surface area contributed by atoms with E-state index in [4.69, 9.17) is 0 Å². The molecule has 0 radical (unpaired) electrons. The number of alkyl halides is 3. The Bertz CT molecular complexity index is 1470. The molecule has 1 unspecified atom stereocenters. The molecule has 2 aromatic carbocycles. The van der Waals surface area contributed by atoms with Crippen molar-refractivity contribution in [1.82, 2.24) is 4.98 Å². The van der Waals surface area contributed by atoms with Crippen LogP contribution in [0, 0.1) is 0 Å². The number of carbonyl (C=O) groups excluding carboxylic acids is 2. The van der Waals surface area contributed by atoms with E-state index in [0.717, 1.165) is 43.9 Å². The molecule has 3 heterocycles. The number of pyridine rings is 1. The molecule has 1 fully saturated rings. The van der Waals surface area contributed by atoms with Gasteiger partial charge in [0.05, 0.1) is 5.56 Å². The fraction of sp³-hybridized carbons (Fsp3) is 0.233. The Morgan fingerprint density at radius 1 is 1.05 bits per heavy atom. The number of amides is 2. The Morgan fingerprint density at radius 3 is 2.41 bits per heavy atom. The van der Waals surface area contributed by atoms with Crippen molar-refractivity contribution in [1.29, 1.82) is 0 Å². The first-order chi connectivity index (χ1) is 19.2. The summed E-state index contributed by atoms with van der Waals surface area (Å²) in [6, 6.07) is 13.6. The fourth-order valence-electron chi connectivity index (χ4n) is 4.83. The lowest BCUT2D eigenvalue weighted by atomic mass is 9.97. The predicted molar refractivity (Wildman–Crippen MR) is 154 cm³/mol. The minimum absolute atomic E-state index is 0. The number of aliphatic hydroxyl groups is 1. The highest BCUT2D eigenvalue weighted by molar-refractivity contribution is 6.03. The van der Waals surface area contributed by atoms with Crippen LogP contribution in [-0.4, -0.2) is 41.1 Å². The first-order valence-electron chi connectivity index (χ1n) is 12.9. The second kappa shape index (κ2) is 12.6. The summed E-state index contributed by atoms with van der Waals surface area (Å²) < 4.78 is 39.4. The molecule has 2 aliphatic rings. The number of fused-ring (bicyclic) bond motifs is 1. The number of aliphatic hydroxyl groups excluding tert-OH is 1. The van der Waals surface area contributed by atoms with Crippen molar-refractivity contribution in [2.45, 2.75) is 31.5 Å². The van der Waals surface area contributed by atoms with Gasteiger partial charge in [-0.15, -0.1) is 12.4 Å². The lowest BCUT2D eigenvalue weighted by Gasteiger charge is -2.23. The van der Waals surface area contributed by atoms with Crippen molar-refractivity contribution in [3.8, 4) is 0 Å². The van der Waals surface area contributed by atoms with Crippen LogP contribution >= 0.6 is 12.4 Å². The van der Waals surface area contributed by atoms with Gasteiger partial charge in [0.25, 0.3) is 5.91 Å². The third kappa shape index (κ3) is 6.96. The van der Waals surface area contributed by atoms with Crippen LogP contribution in [0.1, 0.15) is 35.1 Å². The Hall–Kier alpha value is -4.15. The zero-order valence-electron chi connectivity index (χ0n) is 21.8. The van der Waals surface area contributed by atoms with Gasteiger partial charge in [0, 0.05) is 54.3 Å². The van der Waals surface area contributed by atoms with Gasteiger partial charge in [-0.1, -0.05) is 30.4 Å². The van der Waals surface area contributed by atoms with E-state index in [1.807, 2.05) is 12.1 Å². The largest absolute Gasteiger partial charge is 0.416 e. The molecule has 2 amide bonds. The van der Waals surface area contributed by atoms with Crippen molar-refractivity contribution >= 4 is 47.0 Å². The molecule has 41 heavy (non-hydrogen) atoms. The summed E-state index contributed by atoms with van der Waals surface area (Å²) in [5.74, 6) is -0.111. The number of carbonyl (C=O) groups is 2. The zero-order valence-corrected chi connectivity index (χ0v) is 22.6. The molecule has 0 bridgehead atoms. The van der Waals surface area contributed by atoms with Gasteiger partial charge in [0.15, 0.2) is 0 Å². The van der Waals surface area contributed by atoms with Crippen molar-refractivity contribution in [3.63, 3.8) is 0 Å². The van der Waals surface area contributed by atoms with E-state index in [1.165, 1.54) is 24.3 Å². The summed E-state index contributed by atoms with van der Waals surface area (Å²) in [7, 11) is 0. The first-order valence-corrected chi connectivity index (χ1v) is 12.9. The number of nitrogens with zero attached hydrogens (tertiary/aromatic N) is 2. The maximum atomic E-state index is 13.1. The van der Waals surface area contributed by atoms with Crippen LogP contribution in [-0.2, 0) is 22.2 Å². The number of nitrogens with one attached hydrogen (secondary N) is 2. The van der Waals surface area contributed by atoms with E-state index in [1.54, 1.807) is 30.5 Å². The fourth-order valence-corrected chi connectivity index (χ4v) is 4.83. The highest BCUT2D eigenvalue weighted by Crippen LogP contribution is 2.32. The molecule has 11 heteroatoms. The highest BCUT2D eigenvalue weighted by atomic mass is 35.5. The molecule has 1 atom stereocenters. The average molecular weight is 585 g/mol. The van der Waals surface area contributed by atoms with Gasteiger partial charge in [0.1, 0.15) is 11.9 Å². The molecule has 0 aliphatic carbocycles. The smallest absolute Gasteiger partial charge is 0.383 e. The number of benzene rings is 2. The topological polar surface area (TPSA) is 94.6 Å². The van der Waals surface area contributed by atoms with Gasteiger partial charge in [-0.3, -0.25) is 9.59 Å². The van der Waals surface area contributed by atoms with Gasteiger partial charge in [-0.05, 0) is 60.4 Å². The number of allylic oxidation sites excluding steroid dienone is 2. The van der Waals surface area contributed by atoms with E-state index in [-0.39, 0.29) is 18.8 Å². The lowest BCUT2D eigenvalue weighted by molar-refractivity contribution is -0.137. The molecule has 3 N–H and O–H groups in total. The second-order valence-electron chi connectivity index (χ2n) is 9.64. The molecule has 214 valence electrons. The maximum Gasteiger partial charge on any atom is 0.416 e. The molecule has 0 saturated carbocycles. The molecule has 3 aromatic rings. The zero-order chi connectivity index (χ0) is 28.3. The highest BCUT2D eigenvalue weighted by Gasteiger charge is 2.30. The van der Waals surface area contributed by atoms with Crippen LogP contribution in [0.4, 0.5) is 30.4 Å². The normalized spacial score (nSPS) is 17.2. The van der Waals surface area contributed by atoms with Gasteiger partial charge in [0.2, 0.25) is 5.91 Å². The summed E-state index contributed by atoms with van der Waals surface area (Å²) >= 11 is 0. The first kappa shape index (κ1) is 29.8. The molecule has 5 rings (SSSR count). The standard InChI is InChI=1S/C30H27F3N4O3.ClH/c31-30(32,33)21-12-9-19(10-13-21)22(20-11-14-27(34-18-20)37-15-1-2-16-37)5-3-8-28(39)35-24-6-4-7-25-23(24)17-26(38)29(40)36-25;/h3-14,18,26,38H,1-2,15-17H2,(H,35,39)(H,36,40);1H/b8-3+,22-5+;. The lowest BCUT2D eigenvalue weighted by Crippen LogP contribution is -2.34. The van der Waals surface area contributed by atoms with Gasteiger partial charge < -0.3 is 20.6 Å². The Kier molecular flexibility index (Phi) is 9.14. The van der Waals surface area contributed by atoms with Gasteiger partial charge in [-0.2, -0.15) is 13.2 Å². The third-order valence-electron chi connectivity index (χ3n) is 6.91. The Morgan fingerprint density at radius 2 is 1.76 bits per heavy atom. The minimum atomic E-state index is -4.45. The summed E-state index contributed by atoms with van der Waals surface area (Å²) in [6.45, 7) is 1.86. The Labute approximate surface area is 241 Å². The predicted octanol–water partition coefficient (Wildman–Crippen LogP) is 5.60. The van der Waals surface area contributed by atoms with Gasteiger partial charge in [-0.25, -0.2) is 4.98 Å². The molecular weight excluding hydrogens is 557 g/mol. The monoisotopic (exact) mass is 584 g/mol. The number of hydrogen-bond acceptors (Lipinski definition) is 5. The number of halogens is 4. The summed E-state index contributed by atoms with van der Waals surface area (Å²) in [6.07, 6.45) is 2.77. The number of aromatic nitrogens is 1. The van der Waals surface area contributed by atoms with Gasteiger partial charge >= 0.3 is 6.18 Å². The summed E-state index contributed by atoms with van der Waals surface area (Å²) in [5, 5.41) is 15.3. The van der Waals surface area contributed by atoms with Crippen molar-refractivity contribution in [2.24, 2.45) is 0 Å². The molecule has 1 aromatic heterocycles. The van der Waals surface area contributed by atoms with E-state index in [9.17, 15) is 27.9 Å². The van der Waals surface area contributed by atoms with Crippen molar-refractivity contribution in [2.75, 3.05) is 28.6 Å². The third-order valence-corrected chi connectivity index (χ3v) is 6.91. The average Bonchev–Trinajstić information content (AvgIpc) is 3.47. The van der Waals surface area contributed by atoms with Crippen LogP contribution < -0.4 is 15.5 Å². The van der Waals surface area contributed by atoms with Crippen LogP contribution in [0.2, 0.25) is 0 Å². The molecular formula is C30H28ClF3N4O3. The van der Waals surface area contributed by atoms with Crippen LogP contribution in [0.3, 0.4) is 0 Å². The SMILES string of the molecule is Cl.O=C(/C=C/C=C(\c1ccc(C(F)(F)F)cc1)c1ccc(N2CCCC2)nc1)Nc1cccc2c1CC(O)C(=O)N2. The van der Waals surface area contributed by atoms with Crippen molar-refractivity contribution in [3.05, 3.63) is 101 Å². The summed E-state index contributed by atoms with van der Waals surface area (Å²) in [5.41, 5.74) is 2.67. The molecule has 0 spiro atoms. The minimum Gasteiger partial charge on any atom is -0.383 e. The van der Waals surface area contributed by atoms with E-state index in [2.05, 4.69) is 20.5 Å². The number of anilines is 3. The maximum absolute atomic E-state index is 13.1. The van der Waals surface area contributed by atoms with Crippen LogP contribution in [0.15, 0.2) is 79.0 Å². The molecule has 7 nitrogen and oxygen atoms in total. The van der Waals surface area contributed by atoms with E-state index < -0.39 is 29.7 Å². The van der Waals surface area contributed by atoms with E-state index >= 15 is 0 Å². The van der Waals surface area contributed by atoms with Crippen LogP contribution in [0.25, 0.3) is 5.57 Å². The molecule has 2 aliphatic heterocycles. The van der Waals surface area contributed by atoms with Crippen molar-refractivity contribution < 1.29 is 27.9 Å². The molecule has 1 saturated heterocycles. The second-order valence-corrected chi connectivity index (χ2v) is 9.64. The quantitative estimate of drug-likeness (QED) is 0.259. The number of rotatable bonds is 6. The summed E-state index contributed by atoms with van der Waals surface area (Å²) in [4.78, 5) is 31.2.